The molecule has 2 aromatic rings. The van der Waals surface area contributed by atoms with Crippen molar-refractivity contribution in [2.45, 2.75) is 46.4 Å². The monoisotopic (exact) mass is 482 g/mol. The second-order valence-electron chi connectivity index (χ2n) is 10.4. The zero-order chi connectivity index (χ0) is 24.8. The van der Waals surface area contributed by atoms with Gasteiger partial charge in [0.1, 0.15) is 17.2 Å². The smallest absolute Gasteiger partial charge is 0.267 e. The number of fused-ring (bicyclic) bond motifs is 1. The zero-order valence-electron chi connectivity index (χ0n) is 20.9. The number of hydrogen-bond donors (Lipinski definition) is 2. The fourth-order valence-corrected chi connectivity index (χ4v) is 5.49. The number of likely N-dealkylation sites (tertiary alicyclic amines) is 1. The molecule has 0 bridgehead atoms. The number of rotatable bonds is 5. The van der Waals surface area contributed by atoms with Gasteiger partial charge in [-0.25, -0.2) is 0 Å². The third-order valence-corrected chi connectivity index (χ3v) is 6.81. The highest BCUT2D eigenvalue weighted by molar-refractivity contribution is 6.30. The number of aliphatic imine (C=N–C) groups is 1. The van der Waals surface area contributed by atoms with Crippen molar-refractivity contribution < 1.29 is 4.79 Å². The molecule has 4 rings (SSSR count). The van der Waals surface area contributed by atoms with Crippen LogP contribution in [0.3, 0.4) is 0 Å². The molecule has 1 amide bonds. The maximum Gasteiger partial charge on any atom is 0.267 e. The van der Waals surface area contributed by atoms with E-state index >= 15 is 0 Å². The van der Waals surface area contributed by atoms with Crippen molar-refractivity contribution in [1.29, 1.82) is 0 Å². The van der Waals surface area contributed by atoms with E-state index in [9.17, 15) is 4.79 Å². The Balaban J connectivity index is 1.73. The van der Waals surface area contributed by atoms with Gasteiger partial charge in [0.15, 0.2) is 0 Å². The average Bonchev–Trinajstić information content (AvgIpc) is 3.08. The summed E-state index contributed by atoms with van der Waals surface area (Å²) in [7, 11) is 3.39. The first-order chi connectivity index (χ1) is 15.9. The Hall–Kier alpha value is -2.61. The highest BCUT2D eigenvalue weighted by atomic mass is 35.5. The fraction of sp³-hybridized carbons (Fsp3) is 0.462. The third kappa shape index (κ3) is 4.65. The average molecular weight is 483 g/mol. The summed E-state index contributed by atoms with van der Waals surface area (Å²) in [6, 6.07) is 8.09. The summed E-state index contributed by atoms with van der Waals surface area (Å²) in [5, 5.41) is 3.47. The molecule has 1 saturated heterocycles. The van der Waals surface area contributed by atoms with Crippen LogP contribution in [-0.4, -0.2) is 54.1 Å². The number of aromatic nitrogens is 1. The first-order valence-electron chi connectivity index (χ1n) is 11.6. The van der Waals surface area contributed by atoms with Crippen molar-refractivity contribution >= 4 is 35.1 Å². The molecule has 2 aliphatic rings. The highest BCUT2D eigenvalue weighted by Gasteiger charge is 2.36. The van der Waals surface area contributed by atoms with E-state index in [-0.39, 0.29) is 5.91 Å². The Labute approximate surface area is 207 Å². The molecule has 0 aliphatic carbocycles. The minimum atomic E-state index is -0.753. The van der Waals surface area contributed by atoms with Crippen LogP contribution in [0.4, 0.5) is 5.69 Å². The standard InChI is InChI=1S/C26H35ClN6O/c1-17(29-5)33-22-12-23(24(34)30-6)32(21(22)7-8-26(33,4)28)14-19-9-18(10-20(27)11-19)13-31-15-25(2,3)16-31/h7-12H,13-16,28H2,1-6H3,(H,30,34). The fourth-order valence-electron chi connectivity index (χ4n) is 5.21. The van der Waals surface area contributed by atoms with Crippen LogP contribution in [0.1, 0.15) is 55.0 Å². The van der Waals surface area contributed by atoms with E-state index in [1.165, 1.54) is 5.56 Å². The minimum Gasteiger partial charge on any atom is -0.354 e. The topological polar surface area (TPSA) is 78.9 Å². The van der Waals surface area contributed by atoms with Gasteiger partial charge in [0.05, 0.1) is 11.4 Å². The maximum absolute atomic E-state index is 12.9. The van der Waals surface area contributed by atoms with Crippen LogP contribution < -0.4 is 16.0 Å². The number of amides is 1. The molecule has 2 aliphatic heterocycles. The van der Waals surface area contributed by atoms with Crippen LogP contribution in [0.5, 0.6) is 0 Å². The van der Waals surface area contributed by atoms with Crippen molar-refractivity contribution in [3.63, 3.8) is 0 Å². The molecule has 1 unspecified atom stereocenters. The second kappa shape index (κ2) is 8.87. The summed E-state index contributed by atoms with van der Waals surface area (Å²) in [4.78, 5) is 21.6. The van der Waals surface area contributed by atoms with Crippen molar-refractivity contribution in [3.8, 4) is 0 Å². The molecule has 0 spiro atoms. The molecule has 1 fully saturated rings. The summed E-state index contributed by atoms with van der Waals surface area (Å²) in [5.74, 6) is 0.622. The van der Waals surface area contributed by atoms with Crippen molar-refractivity contribution in [1.82, 2.24) is 14.8 Å². The van der Waals surface area contributed by atoms with Crippen LogP contribution >= 0.6 is 11.6 Å². The van der Waals surface area contributed by atoms with Crippen LogP contribution in [0, 0.1) is 5.41 Å². The molecule has 3 N–H and O–H groups in total. The summed E-state index contributed by atoms with van der Waals surface area (Å²) < 4.78 is 2.03. The molecule has 3 heterocycles. The number of benzene rings is 1. The predicted octanol–water partition coefficient (Wildman–Crippen LogP) is 3.95. The summed E-state index contributed by atoms with van der Waals surface area (Å²) in [6.07, 6.45) is 3.94. The van der Waals surface area contributed by atoms with Gasteiger partial charge in [0, 0.05) is 45.3 Å². The van der Waals surface area contributed by atoms with E-state index in [0.717, 1.165) is 42.4 Å². The maximum atomic E-state index is 12.9. The Bertz CT molecular complexity index is 1170. The molecule has 1 aromatic carbocycles. The van der Waals surface area contributed by atoms with E-state index in [0.29, 0.717) is 22.7 Å². The van der Waals surface area contributed by atoms with Crippen molar-refractivity contribution in [2.24, 2.45) is 16.1 Å². The highest BCUT2D eigenvalue weighted by Crippen LogP contribution is 2.36. The second-order valence-corrected chi connectivity index (χ2v) is 10.8. The minimum absolute atomic E-state index is 0.155. The summed E-state index contributed by atoms with van der Waals surface area (Å²) >= 11 is 6.52. The van der Waals surface area contributed by atoms with E-state index in [1.807, 2.05) is 53.7 Å². The van der Waals surface area contributed by atoms with Crippen LogP contribution in [0.2, 0.25) is 5.02 Å². The van der Waals surface area contributed by atoms with Gasteiger partial charge in [0.25, 0.3) is 5.91 Å². The van der Waals surface area contributed by atoms with Gasteiger partial charge < -0.3 is 20.5 Å². The lowest BCUT2D eigenvalue weighted by Gasteiger charge is -2.46. The number of nitrogens with two attached hydrogens (primary N) is 1. The molecule has 0 radical (unpaired) electrons. The van der Waals surface area contributed by atoms with Crippen molar-refractivity contribution in [2.75, 3.05) is 32.1 Å². The van der Waals surface area contributed by atoms with Gasteiger partial charge in [-0.15, -0.1) is 0 Å². The lowest BCUT2D eigenvalue weighted by molar-refractivity contribution is 0.0242. The number of nitrogens with zero attached hydrogens (tertiary/aromatic N) is 4. The summed E-state index contributed by atoms with van der Waals surface area (Å²) in [6.45, 7) is 12.0. The number of halogens is 1. The Kier molecular flexibility index (Phi) is 6.40. The van der Waals surface area contributed by atoms with Crippen LogP contribution in [-0.2, 0) is 13.1 Å². The quantitative estimate of drug-likeness (QED) is 0.499. The lowest BCUT2D eigenvalue weighted by Crippen LogP contribution is -2.56. The number of carbonyl (C=O) groups excluding carboxylic acids is 1. The van der Waals surface area contributed by atoms with Gasteiger partial charge in [-0.2, -0.15) is 0 Å². The molecular formula is C26H35ClN6O. The predicted molar refractivity (Wildman–Crippen MR) is 141 cm³/mol. The lowest BCUT2D eigenvalue weighted by atomic mass is 9.84. The largest absolute Gasteiger partial charge is 0.354 e. The van der Waals surface area contributed by atoms with Gasteiger partial charge >= 0.3 is 0 Å². The molecule has 1 atom stereocenters. The molecular weight excluding hydrogens is 448 g/mol. The molecule has 1 aromatic heterocycles. The SMILES string of the molecule is CN=C(C)N1c2cc(C(=O)NC)n(Cc3cc(Cl)cc(CN4CC(C)(C)C4)c3)c2C=CC1(C)N. The number of nitrogens with one attached hydrogen (secondary N) is 1. The number of hydrogen-bond acceptors (Lipinski definition) is 4. The van der Waals surface area contributed by atoms with E-state index < -0.39 is 5.66 Å². The number of anilines is 1. The Morgan fingerprint density at radius 2 is 1.79 bits per heavy atom. The molecule has 0 saturated carbocycles. The third-order valence-electron chi connectivity index (χ3n) is 6.59. The summed E-state index contributed by atoms with van der Waals surface area (Å²) in [5.41, 5.74) is 10.8. The first-order valence-corrected chi connectivity index (χ1v) is 12.0. The van der Waals surface area contributed by atoms with Gasteiger partial charge in [-0.05, 0) is 60.7 Å². The molecule has 7 nitrogen and oxygen atoms in total. The normalized spacial score (nSPS) is 21.9. The van der Waals surface area contributed by atoms with Crippen LogP contribution in [0.25, 0.3) is 6.08 Å². The zero-order valence-corrected chi connectivity index (χ0v) is 21.7. The number of amidine groups is 1. The van der Waals surface area contributed by atoms with E-state index in [2.05, 4.69) is 35.1 Å². The Morgan fingerprint density at radius 1 is 1.15 bits per heavy atom. The van der Waals surface area contributed by atoms with Gasteiger partial charge in [0.2, 0.25) is 0 Å². The van der Waals surface area contributed by atoms with E-state index in [4.69, 9.17) is 17.3 Å². The molecule has 34 heavy (non-hydrogen) atoms. The van der Waals surface area contributed by atoms with E-state index in [1.54, 1.807) is 14.1 Å². The molecule has 182 valence electrons. The molecule has 8 heteroatoms. The number of carbonyl (C=O) groups is 1. The first kappa shape index (κ1) is 24.5. The van der Waals surface area contributed by atoms with Gasteiger partial charge in [-0.3, -0.25) is 14.7 Å². The van der Waals surface area contributed by atoms with Crippen LogP contribution in [0.15, 0.2) is 35.3 Å². The van der Waals surface area contributed by atoms with Crippen molar-refractivity contribution in [3.05, 3.63) is 57.9 Å². The van der Waals surface area contributed by atoms with Gasteiger partial charge in [-0.1, -0.05) is 31.5 Å². The Morgan fingerprint density at radius 3 is 2.38 bits per heavy atom.